The molecule has 0 bridgehead atoms. The van der Waals surface area contributed by atoms with Gasteiger partial charge in [0.15, 0.2) is 11.4 Å². The topological polar surface area (TPSA) is 48.4 Å². The summed E-state index contributed by atoms with van der Waals surface area (Å²) in [4.78, 5) is 16.9. The van der Waals surface area contributed by atoms with Crippen LogP contribution < -0.4 is 4.74 Å². The Morgan fingerprint density at radius 2 is 1.53 bits per heavy atom. The summed E-state index contributed by atoms with van der Waals surface area (Å²) >= 11 is 2.16. The van der Waals surface area contributed by atoms with Crippen LogP contribution in [0, 0.1) is 3.70 Å². The first-order chi connectivity index (χ1) is 14.7. The first-order valence-electron chi connectivity index (χ1n) is 9.57. The zero-order valence-electron chi connectivity index (χ0n) is 16.5. The molecule has 3 aromatic carbocycles. The van der Waals surface area contributed by atoms with Gasteiger partial charge in [-0.3, -0.25) is 0 Å². The van der Waals surface area contributed by atoms with Gasteiger partial charge in [0.1, 0.15) is 10.3 Å². The number of methoxy groups -OCH3 is 1. The SMILES string of the molecule is COC(=O)c1nc(I)c2cc(Cc3ccccc3)ccc2c1OCc1ccccc1. The van der Waals surface area contributed by atoms with E-state index in [1.54, 1.807) is 0 Å². The molecule has 0 aliphatic rings. The number of pyridine rings is 1. The van der Waals surface area contributed by atoms with Gasteiger partial charge in [-0.25, -0.2) is 9.78 Å². The summed E-state index contributed by atoms with van der Waals surface area (Å²) < 4.78 is 11.8. The first kappa shape index (κ1) is 20.3. The maximum atomic E-state index is 12.4. The summed E-state index contributed by atoms with van der Waals surface area (Å²) in [5.41, 5.74) is 3.63. The third-order valence-corrected chi connectivity index (χ3v) is 5.65. The fourth-order valence-electron chi connectivity index (χ4n) is 3.35. The molecule has 150 valence electrons. The number of carbonyl (C=O) groups is 1. The van der Waals surface area contributed by atoms with Crippen molar-refractivity contribution in [3.63, 3.8) is 0 Å². The van der Waals surface area contributed by atoms with Crippen LogP contribution in [0.3, 0.4) is 0 Å². The van der Waals surface area contributed by atoms with Crippen LogP contribution in [-0.2, 0) is 17.8 Å². The average Bonchev–Trinajstić information content (AvgIpc) is 2.79. The molecule has 0 amide bonds. The molecule has 0 aliphatic heterocycles. The van der Waals surface area contributed by atoms with E-state index >= 15 is 0 Å². The second-order valence-corrected chi connectivity index (χ2v) is 7.91. The summed E-state index contributed by atoms with van der Waals surface area (Å²) in [6, 6.07) is 26.4. The van der Waals surface area contributed by atoms with Gasteiger partial charge in [0, 0.05) is 10.8 Å². The van der Waals surface area contributed by atoms with Gasteiger partial charge in [0.2, 0.25) is 0 Å². The van der Waals surface area contributed by atoms with E-state index in [0.29, 0.717) is 12.4 Å². The minimum absolute atomic E-state index is 0.196. The summed E-state index contributed by atoms with van der Waals surface area (Å²) in [5, 5.41) is 1.81. The van der Waals surface area contributed by atoms with Crippen molar-refractivity contribution in [1.29, 1.82) is 0 Å². The van der Waals surface area contributed by atoms with Crippen molar-refractivity contribution < 1.29 is 14.3 Å². The third-order valence-electron chi connectivity index (χ3n) is 4.83. The van der Waals surface area contributed by atoms with Crippen molar-refractivity contribution in [3.05, 3.63) is 105 Å². The van der Waals surface area contributed by atoms with Crippen LogP contribution in [0.15, 0.2) is 78.9 Å². The monoisotopic (exact) mass is 509 g/mol. The maximum Gasteiger partial charge on any atom is 0.360 e. The summed E-state index contributed by atoms with van der Waals surface area (Å²) in [6.45, 7) is 0.341. The van der Waals surface area contributed by atoms with Crippen molar-refractivity contribution in [2.75, 3.05) is 7.11 Å². The van der Waals surface area contributed by atoms with Crippen molar-refractivity contribution in [3.8, 4) is 5.75 Å². The van der Waals surface area contributed by atoms with Crippen LogP contribution in [-0.4, -0.2) is 18.1 Å². The van der Waals surface area contributed by atoms with E-state index in [0.717, 1.165) is 26.5 Å². The lowest BCUT2D eigenvalue weighted by atomic mass is 10.0. The summed E-state index contributed by atoms with van der Waals surface area (Å²) in [6.07, 6.45) is 0.825. The number of benzene rings is 3. The molecule has 0 unspecified atom stereocenters. The average molecular weight is 509 g/mol. The molecular weight excluding hydrogens is 489 g/mol. The molecular formula is C25H20INO3. The Kier molecular flexibility index (Phi) is 6.28. The van der Waals surface area contributed by atoms with Gasteiger partial charge in [0.25, 0.3) is 0 Å². The van der Waals surface area contributed by atoms with E-state index in [4.69, 9.17) is 9.47 Å². The van der Waals surface area contributed by atoms with Gasteiger partial charge in [-0.05, 0) is 51.8 Å². The minimum Gasteiger partial charge on any atom is -0.486 e. The van der Waals surface area contributed by atoms with Gasteiger partial charge in [-0.1, -0.05) is 72.8 Å². The summed E-state index contributed by atoms with van der Waals surface area (Å²) in [5.74, 6) is -0.0568. The number of esters is 1. The highest BCUT2D eigenvalue weighted by Crippen LogP contribution is 2.33. The number of hydrogen-bond donors (Lipinski definition) is 0. The van der Waals surface area contributed by atoms with Crippen molar-refractivity contribution in [1.82, 2.24) is 4.98 Å². The second-order valence-electron chi connectivity index (χ2n) is 6.89. The molecule has 0 atom stereocenters. The maximum absolute atomic E-state index is 12.4. The molecule has 0 aliphatic carbocycles. The van der Waals surface area contributed by atoms with E-state index < -0.39 is 5.97 Å². The van der Waals surface area contributed by atoms with Gasteiger partial charge in [-0.2, -0.15) is 0 Å². The zero-order valence-corrected chi connectivity index (χ0v) is 18.6. The van der Waals surface area contributed by atoms with Crippen LogP contribution >= 0.6 is 22.6 Å². The number of fused-ring (bicyclic) bond motifs is 1. The van der Waals surface area contributed by atoms with Crippen LogP contribution in [0.25, 0.3) is 10.8 Å². The highest BCUT2D eigenvalue weighted by atomic mass is 127. The lowest BCUT2D eigenvalue weighted by molar-refractivity contribution is 0.0588. The smallest absolute Gasteiger partial charge is 0.360 e. The first-order valence-corrected chi connectivity index (χ1v) is 10.6. The lowest BCUT2D eigenvalue weighted by Gasteiger charge is -2.15. The van der Waals surface area contributed by atoms with Gasteiger partial charge >= 0.3 is 5.97 Å². The number of hydrogen-bond acceptors (Lipinski definition) is 4. The number of rotatable bonds is 6. The van der Waals surface area contributed by atoms with Crippen molar-refractivity contribution in [2.45, 2.75) is 13.0 Å². The highest BCUT2D eigenvalue weighted by Gasteiger charge is 2.21. The third kappa shape index (κ3) is 4.46. The number of nitrogens with zero attached hydrogens (tertiary/aromatic N) is 1. The number of aromatic nitrogens is 1. The molecule has 1 aromatic heterocycles. The van der Waals surface area contributed by atoms with Crippen LogP contribution in [0.4, 0.5) is 0 Å². The molecule has 4 aromatic rings. The molecule has 0 saturated heterocycles. The van der Waals surface area contributed by atoms with E-state index in [1.807, 2.05) is 54.6 Å². The molecule has 5 heteroatoms. The fourth-order valence-corrected chi connectivity index (χ4v) is 4.04. The van der Waals surface area contributed by atoms with Crippen LogP contribution in [0.1, 0.15) is 27.2 Å². The normalized spacial score (nSPS) is 10.7. The van der Waals surface area contributed by atoms with E-state index in [2.05, 4.69) is 51.8 Å². The highest BCUT2D eigenvalue weighted by molar-refractivity contribution is 14.1. The Morgan fingerprint density at radius 3 is 2.20 bits per heavy atom. The quantitative estimate of drug-likeness (QED) is 0.188. The van der Waals surface area contributed by atoms with E-state index in [1.165, 1.54) is 18.2 Å². The standard InChI is InChI=1S/C25H20INO3/c1-29-25(28)22-23(30-16-18-10-6-3-7-11-18)20-13-12-19(15-21(20)24(26)27-22)14-17-8-4-2-5-9-17/h2-13,15H,14,16H2,1H3. The van der Waals surface area contributed by atoms with Crippen molar-refractivity contribution in [2.24, 2.45) is 0 Å². The molecule has 0 N–H and O–H groups in total. The number of halogens is 1. The number of ether oxygens (including phenoxy) is 2. The Morgan fingerprint density at radius 1 is 0.867 bits per heavy atom. The molecule has 0 spiro atoms. The van der Waals surface area contributed by atoms with Crippen molar-refractivity contribution >= 4 is 39.3 Å². The number of carbonyl (C=O) groups excluding carboxylic acids is 1. The molecule has 1 heterocycles. The minimum atomic E-state index is -0.508. The fraction of sp³-hybridized carbons (Fsp3) is 0.120. The Labute approximate surface area is 189 Å². The molecule has 0 radical (unpaired) electrons. The van der Waals surface area contributed by atoms with Gasteiger partial charge < -0.3 is 9.47 Å². The Hall–Kier alpha value is -2.93. The predicted molar refractivity (Wildman–Crippen MR) is 126 cm³/mol. The molecule has 30 heavy (non-hydrogen) atoms. The van der Waals surface area contributed by atoms with Gasteiger partial charge in [-0.15, -0.1) is 0 Å². The van der Waals surface area contributed by atoms with Crippen LogP contribution in [0.2, 0.25) is 0 Å². The molecule has 4 rings (SSSR count). The Balaban J connectivity index is 1.75. The molecule has 0 saturated carbocycles. The largest absolute Gasteiger partial charge is 0.486 e. The predicted octanol–water partition coefficient (Wildman–Crippen LogP) is 5.80. The van der Waals surface area contributed by atoms with Gasteiger partial charge in [0.05, 0.1) is 7.11 Å². The summed E-state index contributed by atoms with van der Waals surface area (Å²) in [7, 11) is 1.35. The lowest BCUT2D eigenvalue weighted by Crippen LogP contribution is -2.10. The molecule has 4 nitrogen and oxygen atoms in total. The molecule has 0 fully saturated rings. The second kappa shape index (κ2) is 9.26. The van der Waals surface area contributed by atoms with Crippen LogP contribution in [0.5, 0.6) is 5.75 Å². The Bertz CT molecular complexity index is 1180. The zero-order chi connectivity index (χ0) is 20.9. The van der Waals surface area contributed by atoms with E-state index in [9.17, 15) is 4.79 Å². The van der Waals surface area contributed by atoms with E-state index in [-0.39, 0.29) is 5.69 Å².